The van der Waals surface area contributed by atoms with Crippen molar-refractivity contribution in [2.24, 2.45) is 5.41 Å². The highest BCUT2D eigenvalue weighted by Crippen LogP contribution is 2.49. The minimum atomic E-state index is -1.19. The predicted molar refractivity (Wildman–Crippen MR) is 117 cm³/mol. The first-order valence-electron chi connectivity index (χ1n) is 10.8. The molecule has 3 aliphatic rings. The highest BCUT2D eigenvalue weighted by atomic mass is 19.1. The Morgan fingerprint density at radius 3 is 2.91 bits per heavy atom. The van der Waals surface area contributed by atoms with Gasteiger partial charge in [0.25, 0.3) is 11.8 Å². The van der Waals surface area contributed by atoms with E-state index in [4.69, 9.17) is 4.74 Å². The number of carbonyl (C=O) groups excluding carboxylic acids is 2. The summed E-state index contributed by atoms with van der Waals surface area (Å²) in [6.45, 7) is 2.08. The second-order valence-corrected chi connectivity index (χ2v) is 8.82. The fourth-order valence-corrected chi connectivity index (χ4v) is 4.75. The zero-order chi connectivity index (χ0) is 22.5. The second-order valence-electron chi connectivity index (χ2n) is 8.82. The van der Waals surface area contributed by atoms with E-state index < -0.39 is 18.1 Å². The maximum atomic E-state index is 14.8. The van der Waals surface area contributed by atoms with Gasteiger partial charge in [-0.05, 0) is 24.6 Å². The molecule has 8 heteroatoms. The highest BCUT2D eigenvalue weighted by molar-refractivity contribution is 6.02. The Morgan fingerprint density at radius 2 is 2.12 bits per heavy atom. The van der Waals surface area contributed by atoms with Crippen molar-refractivity contribution in [2.45, 2.75) is 38.0 Å². The fraction of sp³-hybridized carbons (Fsp3) is 0.375. The van der Waals surface area contributed by atoms with Crippen molar-refractivity contribution in [2.75, 3.05) is 18.6 Å². The van der Waals surface area contributed by atoms with Crippen molar-refractivity contribution < 1.29 is 18.7 Å². The van der Waals surface area contributed by atoms with Gasteiger partial charge in [-0.25, -0.2) is 4.39 Å². The molecule has 2 aliphatic heterocycles. The number of aromatic nitrogens is 2. The molecule has 0 saturated carbocycles. The Balaban J connectivity index is 1.36. The lowest BCUT2D eigenvalue weighted by atomic mass is 9.76. The van der Waals surface area contributed by atoms with Crippen molar-refractivity contribution in [3.05, 3.63) is 66.0 Å². The van der Waals surface area contributed by atoms with Crippen molar-refractivity contribution in [1.29, 1.82) is 0 Å². The molecular weight excluding hydrogens is 411 g/mol. The SMILES string of the molecule is CN1C(=O)[C@@H](NC(=O)c2cc3n(n2)[C@H](C2(C)C=CC=CC2)C[C@@H]3F)COc2ccccc21. The summed E-state index contributed by atoms with van der Waals surface area (Å²) in [5.41, 5.74) is 0.867. The topological polar surface area (TPSA) is 76.5 Å². The summed E-state index contributed by atoms with van der Waals surface area (Å²) in [7, 11) is 1.64. The summed E-state index contributed by atoms with van der Waals surface area (Å²) >= 11 is 0. The molecule has 3 heterocycles. The Hall–Kier alpha value is -3.42. The van der Waals surface area contributed by atoms with Crippen LogP contribution in [0.4, 0.5) is 10.1 Å². The number of allylic oxidation sites excluding steroid dienone is 4. The summed E-state index contributed by atoms with van der Waals surface area (Å²) in [6, 6.07) is 7.64. The van der Waals surface area contributed by atoms with Crippen LogP contribution in [0, 0.1) is 5.41 Å². The van der Waals surface area contributed by atoms with Crippen LogP contribution in [0.3, 0.4) is 0 Å². The van der Waals surface area contributed by atoms with E-state index in [1.807, 2.05) is 24.3 Å². The lowest BCUT2D eigenvalue weighted by Crippen LogP contribution is -2.49. The average molecular weight is 436 g/mol. The standard InChI is InChI=1S/C24H25FN4O3/c1-24(10-6-3-7-11-24)21-12-15(25)19-13-16(27-29(19)21)22(30)26-17-14-32-20-9-5-4-8-18(20)28(2)23(17)31/h3-10,13,15,17,21H,11-12,14H2,1-2H3,(H,26,30)/t15-,17-,21-,24?/m0/s1. The van der Waals surface area contributed by atoms with Gasteiger partial charge >= 0.3 is 0 Å². The molecular formula is C24H25FN4O3. The van der Waals surface area contributed by atoms with Gasteiger partial charge in [-0.15, -0.1) is 0 Å². The molecule has 5 rings (SSSR count). The molecule has 1 aromatic heterocycles. The van der Waals surface area contributed by atoms with Gasteiger partial charge in [-0.1, -0.05) is 43.4 Å². The van der Waals surface area contributed by atoms with Gasteiger partial charge < -0.3 is 15.0 Å². The van der Waals surface area contributed by atoms with Crippen LogP contribution in [0.15, 0.2) is 54.6 Å². The Kier molecular flexibility index (Phi) is 4.87. The molecule has 0 radical (unpaired) electrons. The van der Waals surface area contributed by atoms with E-state index in [-0.39, 0.29) is 29.7 Å². The first-order chi connectivity index (χ1) is 15.4. The molecule has 166 valence electrons. The molecule has 1 aliphatic carbocycles. The number of amides is 2. The number of nitrogens with one attached hydrogen (secondary N) is 1. The van der Waals surface area contributed by atoms with Gasteiger partial charge in [0.15, 0.2) is 5.69 Å². The molecule has 0 spiro atoms. The number of anilines is 1. The van der Waals surface area contributed by atoms with Crippen molar-refractivity contribution >= 4 is 17.5 Å². The Morgan fingerprint density at radius 1 is 1.31 bits per heavy atom. The minimum absolute atomic E-state index is 0.00303. The number of rotatable bonds is 3. The van der Waals surface area contributed by atoms with Crippen molar-refractivity contribution in [3.63, 3.8) is 0 Å². The first-order valence-corrected chi connectivity index (χ1v) is 10.8. The number of ether oxygens (including phenoxy) is 1. The second kappa shape index (κ2) is 7.62. The zero-order valence-electron chi connectivity index (χ0n) is 18.0. The number of halogens is 1. The van der Waals surface area contributed by atoms with Gasteiger partial charge in [-0.3, -0.25) is 14.3 Å². The zero-order valence-corrected chi connectivity index (χ0v) is 18.0. The molecule has 7 nitrogen and oxygen atoms in total. The molecule has 0 saturated heterocycles. The van der Waals surface area contributed by atoms with Crippen LogP contribution in [0.25, 0.3) is 0 Å². The van der Waals surface area contributed by atoms with E-state index in [1.165, 1.54) is 11.0 Å². The number of hydrogen-bond acceptors (Lipinski definition) is 4. The maximum Gasteiger partial charge on any atom is 0.272 e. The lowest BCUT2D eigenvalue weighted by Gasteiger charge is -2.33. The fourth-order valence-electron chi connectivity index (χ4n) is 4.75. The van der Waals surface area contributed by atoms with Gasteiger partial charge in [0.05, 0.1) is 17.4 Å². The van der Waals surface area contributed by atoms with Crippen LogP contribution in [0.5, 0.6) is 5.75 Å². The van der Waals surface area contributed by atoms with Gasteiger partial charge in [0.2, 0.25) is 0 Å². The summed E-state index contributed by atoms with van der Waals surface area (Å²) in [5.74, 6) is -0.238. The van der Waals surface area contributed by atoms with E-state index in [0.717, 1.165) is 6.42 Å². The van der Waals surface area contributed by atoms with Crippen molar-refractivity contribution in [1.82, 2.24) is 15.1 Å². The molecule has 1 unspecified atom stereocenters. The number of benzene rings is 1. The predicted octanol–water partition coefficient (Wildman–Crippen LogP) is 3.51. The molecule has 2 amide bonds. The van der Waals surface area contributed by atoms with Crippen LogP contribution < -0.4 is 15.0 Å². The number of para-hydroxylation sites is 2. The van der Waals surface area contributed by atoms with Crippen LogP contribution >= 0.6 is 0 Å². The summed E-state index contributed by atoms with van der Waals surface area (Å²) in [4.78, 5) is 27.3. The molecule has 1 aromatic carbocycles. The molecule has 2 aromatic rings. The number of hydrogen-bond donors (Lipinski definition) is 1. The molecule has 0 fully saturated rings. The van der Waals surface area contributed by atoms with E-state index >= 15 is 0 Å². The number of nitrogens with zero attached hydrogens (tertiary/aromatic N) is 3. The summed E-state index contributed by atoms with van der Waals surface area (Å²) in [5, 5.41) is 7.18. The van der Waals surface area contributed by atoms with E-state index in [0.29, 0.717) is 23.6 Å². The van der Waals surface area contributed by atoms with Gasteiger partial charge in [0.1, 0.15) is 24.6 Å². The molecule has 4 atom stereocenters. The van der Waals surface area contributed by atoms with Crippen LogP contribution in [-0.4, -0.2) is 41.3 Å². The molecule has 1 N–H and O–H groups in total. The van der Waals surface area contributed by atoms with Crippen molar-refractivity contribution in [3.8, 4) is 5.75 Å². The van der Waals surface area contributed by atoms with Crippen LogP contribution in [-0.2, 0) is 4.79 Å². The third-order valence-electron chi connectivity index (χ3n) is 6.65. The van der Waals surface area contributed by atoms with Gasteiger partial charge in [-0.2, -0.15) is 5.10 Å². The Labute approximate surface area is 185 Å². The number of carbonyl (C=O) groups is 2. The largest absolute Gasteiger partial charge is 0.489 e. The Bertz CT molecular complexity index is 1140. The summed E-state index contributed by atoms with van der Waals surface area (Å²) in [6.07, 6.45) is 8.02. The van der Waals surface area contributed by atoms with Gasteiger partial charge in [0, 0.05) is 18.9 Å². The molecule has 0 bridgehead atoms. The number of fused-ring (bicyclic) bond motifs is 2. The van der Waals surface area contributed by atoms with E-state index in [2.05, 4.69) is 29.5 Å². The van der Waals surface area contributed by atoms with E-state index in [9.17, 15) is 14.0 Å². The summed E-state index contributed by atoms with van der Waals surface area (Å²) < 4.78 is 22.2. The normalized spacial score (nSPS) is 28.7. The first kappa shape index (κ1) is 20.5. The number of alkyl halides is 1. The smallest absolute Gasteiger partial charge is 0.272 e. The average Bonchev–Trinajstić information content (AvgIpc) is 3.34. The third kappa shape index (κ3) is 3.30. The minimum Gasteiger partial charge on any atom is -0.489 e. The maximum absolute atomic E-state index is 14.8. The van der Waals surface area contributed by atoms with E-state index in [1.54, 1.807) is 23.9 Å². The highest BCUT2D eigenvalue weighted by Gasteiger charge is 2.43. The lowest BCUT2D eigenvalue weighted by molar-refractivity contribution is -0.120. The van der Waals surface area contributed by atoms with Crippen LogP contribution in [0.2, 0.25) is 0 Å². The quantitative estimate of drug-likeness (QED) is 0.799. The molecule has 32 heavy (non-hydrogen) atoms. The van der Waals surface area contributed by atoms with Crippen LogP contribution in [0.1, 0.15) is 48.2 Å². The third-order valence-corrected chi connectivity index (χ3v) is 6.65. The number of likely N-dealkylation sites (N-methyl/N-ethyl adjacent to an activating group) is 1. The monoisotopic (exact) mass is 436 g/mol.